The summed E-state index contributed by atoms with van der Waals surface area (Å²) in [6.45, 7) is 6.46. The van der Waals surface area contributed by atoms with Crippen molar-refractivity contribution in [1.29, 1.82) is 0 Å². The molecule has 1 amide bonds. The fourth-order valence-electron chi connectivity index (χ4n) is 4.97. The van der Waals surface area contributed by atoms with E-state index in [1.165, 1.54) is 24.1 Å². The monoisotopic (exact) mass is 574 g/mol. The van der Waals surface area contributed by atoms with Gasteiger partial charge in [-0.3, -0.25) is 4.79 Å². The first-order valence-electron chi connectivity index (χ1n) is 14.0. The number of aromatic nitrogens is 2. The highest BCUT2D eigenvalue weighted by atomic mass is 32.1. The maximum atomic E-state index is 13.1. The summed E-state index contributed by atoms with van der Waals surface area (Å²) >= 11 is 1.31. The molecule has 0 radical (unpaired) electrons. The molecule has 4 aromatic rings. The van der Waals surface area contributed by atoms with E-state index in [-0.39, 0.29) is 18.0 Å². The van der Waals surface area contributed by atoms with Crippen LogP contribution in [0.5, 0.6) is 11.5 Å². The highest BCUT2D eigenvalue weighted by Crippen LogP contribution is 2.41. The molecule has 5 rings (SSSR count). The maximum Gasteiger partial charge on any atom is 0.348 e. The van der Waals surface area contributed by atoms with Crippen LogP contribution in [-0.4, -0.2) is 41.2 Å². The molecule has 0 spiro atoms. The number of ether oxygens (including phenoxy) is 3. The fourth-order valence-corrected chi connectivity index (χ4v) is 6.00. The number of amides is 1. The van der Waals surface area contributed by atoms with Crippen molar-refractivity contribution in [2.75, 3.05) is 23.8 Å². The van der Waals surface area contributed by atoms with Gasteiger partial charge in [-0.25, -0.2) is 14.8 Å². The van der Waals surface area contributed by atoms with E-state index in [9.17, 15) is 9.59 Å². The summed E-state index contributed by atoms with van der Waals surface area (Å²) in [5.41, 5.74) is 2.39. The number of nitrogens with zero attached hydrogens (tertiary/aromatic N) is 2. The van der Waals surface area contributed by atoms with Crippen LogP contribution in [0.1, 0.15) is 71.5 Å². The number of carbonyl (C=O) groups excluding carboxylic acids is 2. The first-order chi connectivity index (χ1) is 20.0. The van der Waals surface area contributed by atoms with Crippen LogP contribution in [-0.2, 0) is 4.74 Å². The number of fused-ring (bicyclic) bond motifs is 1. The van der Waals surface area contributed by atoms with Gasteiger partial charge in [0, 0.05) is 17.7 Å². The molecule has 41 heavy (non-hydrogen) atoms. The average Bonchev–Trinajstić information content (AvgIpc) is 3.33. The summed E-state index contributed by atoms with van der Waals surface area (Å²) in [6, 6.07) is 12.5. The van der Waals surface area contributed by atoms with Gasteiger partial charge in [-0.05, 0) is 64.2 Å². The topological polar surface area (TPSA) is 112 Å². The highest BCUT2D eigenvalue weighted by molar-refractivity contribution is 7.20. The third-order valence-electron chi connectivity index (χ3n) is 6.96. The van der Waals surface area contributed by atoms with Crippen molar-refractivity contribution in [3.05, 3.63) is 64.8 Å². The van der Waals surface area contributed by atoms with Gasteiger partial charge in [0.15, 0.2) is 0 Å². The molecular formula is C31H34N4O5S. The minimum atomic E-state index is -0.310. The molecule has 214 valence electrons. The van der Waals surface area contributed by atoms with Gasteiger partial charge < -0.3 is 24.8 Å². The third kappa shape index (κ3) is 6.43. The third-order valence-corrected chi connectivity index (χ3v) is 8.14. The molecule has 2 N–H and O–H groups in total. The normalized spacial score (nSPS) is 13.5. The standard InChI is InChI=1S/C31H34N4O5S/c1-4-38-24-17-23(35-29(36)20-12-8-6-9-13-20)25(39-5-2)16-22(24)34-28-26-19(3)27(41-30(26)33-18-32-28)31(37)40-21-14-10-7-11-15-21/h6,8-9,12-13,16-18,21H,4-5,7,10-11,14-15H2,1-3H3,(H,35,36)(H,32,33,34). The predicted octanol–water partition coefficient (Wildman–Crippen LogP) is 7.28. The van der Waals surface area contributed by atoms with Gasteiger partial charge >= 0.3 is 5.97 Å². The Bertz CT molecular complexity index is 1530. The molecule has 2 aromatic heterocycles. The van der Waals surface area contributed by atoms with Crippen LogP contribution in [0.3, 0.4) is 0 Å². The van der Waals surface area contributed by atoms with Gasteiger partial charge in [0.05, 0.1) is 30.0 Å². The summed E-state index contributed by atoms with van der Waals surface area (Å²) in [4.78, 5) is 36.2. The Morgan fingerprint density at radius 2 is 1.63 bits per heavy atom. The molecule has 10 heteroatoms. The van der Waals surface area contributed by atoms with E-state index in [1.54, 1.807) is 24.3 Å². The molecule has 0 unspecified atom stereocenters. The van der Waals surface area contributed by atoms with E-state index in [4.69, 9.17) is 14.2 Å². The predicted molar refractivity (Wildman–Crippen MR) is 161 cm³/mol. The zero-order valence-electron chi connectivity index (χ0n) is 23.5. The number of nitrogens with one attached hydrogen (secondary N) is 2. The van der Waals surface area contributed by atoms with E-state index in [2.05, 4.69) is 20.6 Å². The van der Waals surface area contributed by atoms with E-state index in [0.717, 1.165) is 36.6 Å². The van der Waals surface area contributed by atoms with E-state index < -0.39 is 0 Å². The first kappa shape index (κ1) is 28.4. The van der Waals surface area contributed by atoms with Gasteiger partial charge in [0.2, 0.25) is 0 Å². The zero-order chi connectivity index (χ0) is 28.8. The number of carbonyl (C=O) groups is 2. The molecule has 1 saturated carbocycles. The second-order valence-electron chi connectivity index (χ2n) is 9.78. The van der Waals surface area contributed by atoms with Crippen molar-refractivity contribution in [1.82, 2.24) is 9.97 Å². The minimum Gasteiger partial charge on any atom is -0.492 e. The van der Waals surface area contributed by atoms with Crippen molar-refractivity contribution < 1.29 is 23.8 Å². The summed E-state index contributed by atoms with van der Waals surface area (Å²) in [6.07, 6.45) is 6.62. The van der Waals surface area contributed by atoms with E-state index in [0.29, 0.717) is 57.2 Å². The number of esters is 1. The van der Waals surface area contributed by atoms with Crippen molar-refractivity contribution in [2.45, 2.75) is 59.0 Å². The van der Waals surface area contributed by atoms with Crippen LogP contribution in [0.25, 0.3) is 10.2 Å². The van der Waals surface area contributed by atoms with Gasteiger partial charge in [-0.1, -0.05) is 24.6 Å². The largest absolute Gasteiger partial charge is 0.492 e. The SMILES string of the molecule is CCOc1cc(Nc2ncnc3sc(C(=O)OC4CCCCC4)c(C)c23)c(OCC)cc1NC(=O)c1ccccc1. The van der Waals surface area contributed by atoms with Gasteiger partial charge in [0.25, 0.3) is 5.91 Å². The second-order valence-corrected chi connectivity index (χ2v) is 10.8. The first-order valence-corrected chi connectivity index (χ1v) is 14.8. The maximum absolute atomic E-state index is 13.1. The Morgan fingerprint density at radius 1 is 0.951 bits per heavy atom. The molecule has 1 aliphatic rings. The molecule has 1 aliphatic carbocycles. The molecule has 0 saturated heterocycles. The molecular weight excluding hydrogens is 540 g/mol. The van der Waals surface area contributed by atoms with E-state index in [1.807, 2.05) is 39.0 Å². The lowest BCUT2D eigenvalue weighted by Gasteiger charge is -2.21. The molecule has 2 heterocycles. The quantitative estimate of drug-likeness (QED) is 0.190. The summed E-state index contributed by atoms with van der Waals surface area (Å²) in [5, 5.41) is 7.06. The number of rotatable bonds is 10. The fraction of sp³-hybridized carbons (Fsp3) is 0.355. The smallest absolute Gasteiger partial charge is 0.348 e. The summed E-state index contributed by atoms with van der Waals surface area (Å²) < 4.78 is 17.7. The van der Waals surface area contributed by atoms with Crippen LogP contribution >= 0.6 is 11.3 Å². The number of thiophene rings is 1. The highest BCUT2D eigenvalue weighted by Gasteiger charge is 2.25. The lowest BCUT2D eigenvalue weighted by molar-refractivity contribution is 0.0216. The molecule has 0 bridgehead atoms. The second kappa shape index (κ2) is 13.0. The zero-order valence-corrected chi connectivity index (χ0v) is 24.3. The Morgan fingerprint density at radius 3 is 2.34 bits per heavy atom. The van der Waals surface area contributed by atoms with Crippen molar-refractivity contribution in [3.63, 3.8) is 0 Å². The number of benzene rings is 2. The Balaban J connectivity index is 1.47. The van der Waals surface area contributed by atoms with Crippen molar-refractivity contribution in [2.24, 2.45) is 0 Å². The van der Waals surface area contributed by atoms with Gasteiger partial charge in [-0.2, -0.15) is 0 Å². The minimum absolute atomic E-state index is 0.0313. The van der Waals surface area contributed by atoms with Crippen molar-refractivity contribution >= 4 is 50.6 Å². The van der Waals surface area contributed by atoms with Crippen LogP contribution in [0.2, 0.25) is 0 Å². The molecule has 2 aromatic carbocycles. The molecule has 1 fully saturated rings. The lowest BCUT2D eigenvalue weighted by atomic mass is 9.98. The average molecular weight is 575 g/mol. The number of anilines is 3. The van der Waals surface area contributed by atoms with Crippen LogP contribution in [0.15, 0.2) is 48.8 Å². The van der Waals surface area contributed by atoms with Crippen molar-refractivity contribution in [3.8, 4) is 11.5 Å². The van der Waals surface area contributed by atoms with Gasteiger partial charge in [0.1, 0.15) is 39.5 Å². The van der Waals surface area contributed by atoms with Crippen LogP contribution in [0, 0.1) is 6.92 Å². The van der Waals surface area contributed by atoms with Crippen LogP contribution < -0.4 is 20.1 Å². The molecule has 9 nitrogen and oxygen atoms in total. The number of aryl methyl sites for hydroxylation is 1. The van der Waals surface area contributed by atoms with Gasteiger partial charge in [-0.15, -0.1) is 11.3 Å². The molecule has 0 aliphatic heterocycles. The summed E-state index contributed by atoms with van der Waals surface area (Å²) in [5.74, 6) is 0.955. The number of hydrogen-bond donors (Lipinski definition) is 2. The Labute approximate surface area is 243 Å². The number of hydrogen-bond acceptors (Lipinski definition) is 9. The van der Waals surface area contributed by atoms with E-state index >= 15 is 0 Å². The van der Waals surface area contributed by atoms with Crippen LogP contribution in [0.4, 0.5) is 17.2 Å². The molecule has 0 atom stereocenters. The lowest BCUT2D eigenvalue weighted by Crippen LogP contribution is -2.20. The Hall–Kier alpha value is -4.18. The Kier molecular flexibility index (Phi) is 8.98. The summed E-state index contributed by atoms with van der Waals surface area (Å²) in [7, 11) is 0.